The number of nitrogens with one attached hydrogen (secondary N) is 1. The van der Waals surface area contributed by atoms with Gasteiger partial charge >= 0.3 is 0 Å². The monoisotopic (exact) mass is 363 g/mol. The predicted molar refractivity (Wildman–Crippen MR) is 104 cm³/mol. The maximum absolute atomic E-state index is 12.2. The van der Waals surface area contributed by atoms with Crippen molar-refractivity contribution in [2.24, 2.45) is 0 Å². The Labute approximate surface area is 157 Å². The molecule has 0 spiro atoms. The van der Waals surface area contributed by atoms with Crippen molar-refractivity contribution in [1.29, 1.82) is 0 Å². The van der Waals surface area contributed by atoms with Crippen molar-refractivity contribution in [3.8, 4) is 17.0 Å². The average Bonchev–Trinajstić information content (AvgIpc) is 2.71. The number of hydrogen-bond donors (Lipinski definition) is 1. The summed E-state index contributed by atoms with van der Waals surface area (Å²) in [5.41, 5.74) is 1.99. The van der Waals surface area contributed by atoms with Crippen molar-refractivity contribution in [3.05, 3.63) is 82.6 Å². The smallest absolute Gasteiger partial charge is 0.266 e. The molecule has 0 bridgehead atoms. The Hall–Kier alpha value is -3.41. The molecule has 2 aromatic carbocycles. The van der Waals surface area contributed by atoms with Crippen LogP contribution in [-0.2, 0) is 6.54 Å². The number of rotatable bonds is 7. The fourth-order valence-corrected chi connectivity index (χ4v) is 2.62. The van der Waals surface area contributed by atoms with Crippen molar-refractivity contribution in [3.63, 3.8) is 0 Å². The van der Waals surface area contributed by atoms with E-state index in [1.54, 1.807) is 30.3 Å². The van der Waals surface area contributed by atoms with Gasteiger partial charge in [-0.3, -0.25) is 9.59 Å². The summed E-state index contributed by atoms with van der Waals surface area (Å²) in [5.74, 6) is 0.521. The second kappa shape index (κ2) is 8.80. The molecule has 1 N–H and O–H groups in total. The van der Waals surface area contributed by atoms with E-state index in [1.165, 1.54) is 10.7 Å². The van der Waals surface area contributed by atoms with Crippen molar-refractivity contribution >= 4 is 5.91 Å². The third-order valence-electron chi connectivity index (χ3n) is 3.97. The van der Waals surface area contributed by atoms with E-state index >= 15 is 0 Å². The molecule has 0 atom stereocenters. The van der Waals surface area contributed by atoms with Gasteiger partial charge in [-0.2, -0.15) is 5.10 Å². The molecule has 0 radical (unpaired) electrons. The van der Waals surface area contributed by atoms with Crippen LogP contribution in [0.4, 0.5) is 0 Å². The van der Waals surface area contributed by atoms with Gasteiger partial charge in [-0.15, -0.1) is 0 Å². The minimum absolute atomic E-state index is 0.203. The summed E-state index contributed by atoms with van der Waals surface area (Å²) in [7, 11) is 0. The maximum Gasteiger partial charge on any atom is 0.266 e. The third kappa shape index (κ3) is 4.82. The van der Waals surface area contributed by atoms with Crippen LogP contribution in [0.15, 0.2) is 71.5 Å². The summed E-state index contributed by atoms with van der Waals surface area (Å²) in [6.45, 7) is 3.08. The highest BCUT2D eigenvalue weighted by molar-refractivity contribution is 5.94. The molecule has 3 rings (SSSR count). The molecule has 27 heavy (non-hydrogen) atoms. The highest BCUT2D eigenvalue weighted by Gasteiger charge is 2.07. The molecule has 1 aromatic heterocycles. The van der Waals surface area contributed by atoms with Gasteiger partial charge in [0.2, 0.25) is 0 Å². The van der Waals surface area contributed by atoms with E-state index in [0.717, 1.165) is 11.3 Å². The number of carbonyl (C=O) groups excluding carboxylic acids is 1. The first kappa shape index (κ1) is 18.4. The largest absolute Gasteiger partial charge is 0.494 e. The molecule has 0 fully saturated rings. The lowest BCUT2D eigenvalue weighted by atomic mass is 10.1. The number of hydrogen-bond acceptors (Lipinski definition) is 4. The molecule has 0 aliphatic rings. The highest BCUT2D eigenvalue weighted by atomic mass is 16.5. The second-order valence-electron chi connectivity index (χ2n) is 5.86. The molecule has 6 nitrogen and oxygen atoms in total. The summed E-state index contributed by atoms with van der Waals surface area (Å²) in [6, 6.07) is 19.8. The fraction of sp³-hybridized carbons (Fsp3) is 0.190. The molecule has 0 aliphatic heterocycles. The number of carbonyl (C=O) groups is 1. The van der Waals surface area contributed by atoms with Gasteiger partial charge in [-0.25, -0.2) is 4.68 Å². The molecule has 1 amide bonds. The minimum atomic E-state index is -0.204. The average molecular weight is 363 g/mol. The van der Waals surface area contributed by atoms with Crippen LogP contribution >= 0.6 is 0 Å². The van der Waals surface area contributed by atoms with Gasteiger partial charge in [0.05, 0.1) is 18.8 Å². The molecule has 3 aromatic rings. The number of nitrogens with zero attached hydrogens (tertiary/aromatic N) is 2. The van der Waals surface area contributed by atoms with Crippen LogP contribution < -0.4 is 15.6 Å². The lowest BCUT2D eigenvalue weighted by Gasteiger charge is -2.09. The van der Waals surface area contributed by atoms with Crippen molar-refractivity contribution in [1.82, 2.24) is 15.1 Å². The van der Waals surface area contributed by atoms with E-state index < -0.39 is 0 Å². The van der Waals surface area contributed by atoms with Crippen LogP contribution in [0, 0.1) is 0 Å². The maximum atomic E-state index is 12.2. The van der Waals surface area contributed by atoms with Crippen molar-refractivity contribution in [2.75, 3.05) is 13.2 Å². The van der Waals surface area contributed by atoms with E-state index in [-0.39, 0.29) is 11.5 Å². The number of ether oxygens (including phenoxy) is 1. The van der Waals surface area contributed by atoms with Crippen LogP contribution in [0.1, 0.15) is 17.3 Å². The van der Waals surface area contributed by atoms with Crippen molar-refractivity contribution < 1.29 is 9.53 Å². The zero-order valence-electron chi connectivity index (χ0n) is 15.1. The molecular formula is C21H21N3O3. The summed E-state index contributed by atoms with van der Waals surface area (Å²) in [6.07, 6.45) is 0. The standard InChI is InChI=1S/C21H21N3O3/c1-2-27-18-10-8-17(9-11-18)21(26)22-14-15-24-20(25)13-12-19(23-24)16-6-4-3-5-7-16/h3-13H,2,14-15H2,1H3,(H,22,26). The molecule has 6 heteroatoms. The Morgan fingerprint density at radius 2 is 1.78 bits per heavy atom. The molecule has 0 aliphatic carbocycles. The molecule has 138 valence electrons. The first-order chi connectivity index (χ1) is 13.2. The van der Waals surface area contributed by atoms with Crippen LogP contribution in [0.3, 0.4) is 0 Å². The molecule has 0 saturated carbocycles. The normalized spacial score (nSPS) is 10.4. The van der Waals surface area contributed by atoms with Gasteiger partial charge in [0.1, 0.15) is 5.75 Å². The predicted octanol–water partition coefficient (Wildman–Crippen LogP) is 2.74. The zero-order valence-corrected chi connectivity index (χ0v) is 15.1. The highest BCUT2D eigenvalue weighted by Crippen LogP contribution is 2.14. The molecule has 1 heterocycles. The van der Waals surface area contributed by atoms with Gasteiger partial charge in [0, 0.05) is 23.7 Å². The number of aromatic nitrogens is 2. The second-order valence-corrected chi connectivity index (χ2v) is 5.86. The lowest BCUT2D eigenvalue weighted by Crippen LogP contribution is -2.31. The summed E-state index contributed by atoms with van der Waals surface area (Å²) in [5, 5.41) is 7.19. The van der Waals surface area contributed by atoms with E-state index in [2.05, 4.69) is 10.4 Å². The van der Waals surface area contributed by atoms with Gasteiger partial charge in [0.15, 0.2) is 0 Å². The van der Waals surface area contributed by atoms with Crippen LogP contribution in [-0.4, -0.2) is 28.8 Å². The summed E-state index contributed by atoms with van der Waals surface area (Å²) < 4.78 is 6.72. The SMILES string of the molecule is CCOc1ccc(C(=O)NCCn2nc(-c3ccccc3)ccc2=O)cc1. The van der Waals surface area contributed by atoms with Gasteiger partial charge < -0.3 is 10.1 Å². The molecule has 0 unspecified atom stereocenters. The van der Waals surface area contributed by atoms with E-state index in [9.17, 15) is 9.59 Å². The number of amides is 1. The Balaban J connectivity index is 1.61. The lowest BCUT2D eigenvalue weighted by molar-refractivity contribution is 0.0951. The first-order valence-electron chi connectivity index (χ1n) is 8.82. The minimum Gasteiger partial charge on any atom is -0.494 e. The van der Waals surface area contributed by atoms with Gasteiger partial charge in [-0.05, 0) is 37.3 Å². The number of benzene rings is 2. The van der Waals surface area contributed by atoms with Crippen molar-refractivity contribution in [2.45, 2.75) is 13.5 Å². The summed E-state index contributed by atoms with van der Waals surface area (Å²) >= 11 is 0. The zero-order chi connectivity index (χ0) is 19.1. The summed E-state index contributed by atoms with van der Waals surface area (Å²) in [4.78, 5) is 24.2. The van der Waals surface area contributed by atoms with Crippen LogP contribution in [0.2, 0.25) is 0 Å². The Kier molecular flexibility index (Phi) is 5.99. The Morgan fingerprint density at radius 1 is 1.04 bits per heavy atom. The topological polar surface area (TPSA) is 73.2 Å². The molecule has 0 saturated heterocycles. The van der Waals surface area contributed by atoms with Gasteiger partial charge in [0.25, 0.3) is 11.5 Å². The van der Waals surface area contributed by atoms with Gasteiger partial charge in [-0.1, -0.05) is 30.3 Å². The first-order valence-corrected chi connectivity index (χ1v) is 8.82. The molecular weight excluding hydrogens is 342 g/mol. The van der Waals surface area contributed by atoms with E-state index in [0.29, 0.717) is 31.0 Å². The van der Waals surface area contributed by atoms with Crippen LogP contribution in [0.25, 0.3) is 11.3 Å². The Morgan fingerprint density at radius 3 is 2.48 bits per heavy atom. The quantitative estimate of drug-likeness (QED) is 0.700. The van der Waals surface area contributed by atoms with E-state index in [1.807, 2.05) is 37.3 Å². The van der Waals surface area contributed by atoms with E-state index in [4.69, 9.17) is 4.74 Å². The third-order valence-corrected chi connectivity index (χ3v) is 3.97. The fourth-order valence-electron chi connectivity index (χ4n) is 2.62. The Bertz CT molecular complexity index is 950. The van der Waals surface area contributed by atoms with Crippen LogP contribution in [0.5, 0.6) is 5.75 Å².